The summed E-state index contributed by atoms with van der Waals surface area (Å²) in [6.45, 7) is 0.994. The van der Waals surface area contributed by atoms with E-state index in [1.54, 1.807) is 22.9 Å². The Kier molecular flexibility index (Phi) is 5.93. The molecule has 0 bridgehead atoms. The van der Waals surface area contributed by atoms with Crippen LogP contribution in [-0.2, 0) is 22.7 Å². The van der Waals surface area contributed by atoms with Gasteiger partial charge in [0.15, 0.2) is 6.29 Å². The fraction of sp³-hybridized carbons (Fsp3) is 0.333. The number of fused-ring (bicyclic) bond motifs is 1. The number of sulfonamides is 1. The predicted octanol–water partition coefficient (Wildman–Crippen LogP) is 2.48. The third-order valence-electron chi connectivity index (χ3n) is 5.54. The summed E-state index contributed by atoms with van der Waals surface area (Å²) in [5, 5.41) is 19.3. The first-order valence-electron chi connectivity index (χ1n) is 9.93. The monoisotopic (exact) mass is 469 g/mol. The first-order valence-corrected chi connectivity index (χ1v) is 11.4. The number of piperazine rings is 1. The van der Waals surface area contributed by atoms with Gasteiger partial charge in [-0.2, -0.15) is 17.5 Å². The number of anilines is 1. The molecule has 1 saturated heterocycles. The van der Waals surface area contributed by atoms with Gasteiger partial charge in [-0.3, -0.25) is 0 Å². The topological polar surface area (TPSA) is 86.0 Å². The number of rotatable bonds is 5. The predicted molar refractivity (Wildman–Crippen MR) is 113 cm³/mol. The Morgan fingerprint density at radius 3 is 2.19 bits per heavy atom. The highest BCUT2D eigenvalue weighted by Gasteiger charge is 2.31. The van der Waals surface area contributed by atoms with Crippen LogP contribution < -0.4 is 4.90 Å². The minimum Gasteiger partial charge on any atom is -0.369 e. The molecule has 2 N–H and O–H groups in total. The van der Waals surface area contributed by atoms with E-state index < -0.39 is 28.1 Å². The van der Waals surface area contributed by atoms with E-state index in [9.17, 15) is 31.8 Å². The zero-order valence-corrected chi connectivity index (χ0v) is 17.7. The molecule has 3 aromatic rings. The van der Waals surface area contributed by atoms with E-state index in [1.807, 2.05) is 4.90 Å². The Balaban J connectivity index is 1.49. The lowest BCUT2D eigenvalue weighted by Crippen LogP contribution is -2.48. The van der Waals surface area contributed by atoms with Gasteiger partial charge in [0.2, 0.25) is 10.0 Å². The average Bonchev–Trinajstić information content (AvgIpc) is 3.15. The highest BCUT2D eigenvalue weighted by molar-refractivity contribution is 7.89. The molecule has 0 spiro atoms. The molecule has 172 valence electrons. The Morgan fingerprint density at radius 2 is 1.59 bits per heavy atom. The number of nitrogens with zero attached hydrogens (tertiary/aromatic N) is 3. The van der Waals surface area contributed by atoms with Gasteiger partial charge in [-0.25, -0.2) is 8.42 Å². The standard InChI is InChI=1S/C21H22F3N3O4S/c22-21(23,24)16-2-4-17(5-3-16)25-9-11-27(12-10-25)32(30,31)18-6-1-15-7-8-26(14-20(28)29)19(15)13-18/h1-8,13,20,28-29H,9-12,14H2. The van der Waals surface area contributed by atoms with E-state index in [-0.39, 0.29) is 24.5 Å². The summed E-state index contributed by atoms with van der Waals surface area (Å²) in [5.41, 5.74) is 0.454. The molecule has 0 unspecified atom stereocenters. The smallest absolute Gasteiger partial charge is 0.369 e. The SMILES string of the molecule is O=S(=O)(c1ccc2ccn(CC(O)O)c2c1)N1CCN(c2ccc(C(F)(F)F)cc2)CC1. The molecule has 4 rings (SSSR count). The molecule has 1 aromatic heterocycles. The normalized spacial score (nSPS) is 16.2. The van der Waals surface area contributed by atoms with Crippen LogP contribution in [0.1, 0.15) is 5.56 Å². The first kappa shape index (κ1) is 22.6. The molecule has 0 saturated carbocycles. The molecule has 0 radical (unpaired) electrons. The summed E-state index contributed by atoms with van der Waals surface area (Å²) in [5.74, 6) is 0. The average molecular weight is 469 g/mol. The minimum atomic E-state index is -4.40. The van der Waals surface area contributed by atoms with Gasteiger partial charge in [0.1, 0.15) is 0 Å². The van der Waals surface area contributed by atoms with E-state index in [0.717, 1.165) is 17.5 Å². The minimum absolute atomic E-state index is 0.0845. The van der Waals surface area contributed by atoms with Crippen LogP contribution in [0.4, 0.5) is 18.9 Å². The molecule has 32 heavy (non-hydrogen) atoms. The van der Waals surface area contributed by atoms with Crippen molar-refractivity contribution in [2.45, 2.75) is 23.9 Å². The number of halogens is 3. The van der Waals surface area contributed by atoms with Crippen molar-refractivity contribution >= 4 is 26.6 Å². The summed E-state index contributed by atoms with van der Waals surface area (Å²) < 4.78 is 67.5. The number of hydrogen-bond donors (Lipinski definition) is 2. The van der Waals surface area contributed by atoms with Crippen LogP contribution in [0.25, 0.3) is 10.9 Å². The number of benzene rings is 2. The van der Waals surface area contributed by atoms with Gasteiger partial charge >= 0.3 is 6.18 Å². The molecule has 1 fully saturated rings. The Bertz CT molecular complexity index is 1200. The van der Waals surface area contributed by atoms with Crippen molar-refractivity contribution in [3.8, 4) is 0 Å². The van der Waals surface area contributed by atoms with Crippen LogP contribution in [0.3, 0.4) is 0 Å². The number of aliphatic hydroxyl groups excluding tert-OH is 1. The van der Waals surface area contributed by atoms with Crippen molar-refractivity contribution in [1.82, 2.24) is 8.87 Å². The third-order valence-corrected chi connectivity index (χ3v) is 7.44. The van der Waals surface area contributed by atoms with Gasteiger partial charge in [-0.1, -0.05) is 6.07 Å². The van der Waals surface area contributed by atoms with Gasteiger partial charge in [0, 0.05) is 43.6 Å². The largest absolute Gasteiger partial charge is 0.416 e. The molecule has 11 heteroatoms. The van der Waals surface area contributed by atoms with Crippen LogP contribution in [0.2, 0.25) is 0 Å². The molecule has 0 atom stereocenters. The van der Waals surface area contributed by atoms with E-state index in [2.05, 4.69) is 0 Å². The fourth-order valence-electron chi connectivity index (χ4n) is 3.86. The van der Waals surface area contributed by atoms with Crippen molar-refractivity contribution in [2.75, 3.05) is 31.1 Å². The highest BCUT2D eigenvalue weighted by Crippen LogP contribution is 2.31. The van der Waals surface area contributed by atoms with Gasteiger partial charge in [-0.15, -0.1) is 0 Å². The molecule has 1 aliphatic heterocycles. The maximum Gasteiger partial charge on any atom is 0.416 e. The maximum atomic E-state index is 13.2. The lowest BCUT2D eigenvalue weighted by Gasteiger charge is -2.35. The molecular weight excluding hydrogens is 447 g/mol. The highest BCUT2D eigenvalue weighted by atomic mass is 32.2. The van der Waals surface area contributed by atoms with Crippen molar-refractivity contribution in [3.05, 3.63) is 60.3 Å². The molecule has 0 amide bonds. The Hall–Kier alpha value is -2.60. The number of hydrogen-bond acceptors (Lipinski definition) is 5. The van der Waals surface area contributed by atoms with Gasteiger partial charge in [-0.05, 0) is 47.9 Å². The number of aliphatic hydroxyl groups is 2. The molecule has 2 aromatic carbocycles. The lowest BCUT2D eigenvalue weighted by molar-refractivity contribution is -0.137. The lowest BCUT2D eigenvalue weighted by atomic mass is 10.2. The van der Waals surface area contributed by atoms with Crippen LogP contribution in [-0.4, -0.2) is 60.0 Å². The van der Waals surface area contributed by atoms with Crippen molar-refractivity contribution in [1.29, 1.82) is 0 Å². The summed E-state index contributed by atoms with van der Waals surface area (Å²) in [4.78, 5) is 1.95. The van der Waals surface area contributed by atoms with E-state index >= 15 is 0 Å². The van der Waals surface area contributed by atoms with Crippen molar-refractivity contribution in [3.63, 3.8) is 0 Å². The zero-order chi connectivity index (χ0) is 23.1. The maximum absolute atomic E-state index is 13.2. The van der Waals surface area contributed by atoms with E-state index in [1.165, 1.54) is 28.6 Å². The Labute approximate surface area is 183 Å². The van der Waals surface area contributed by atoms with E-state index in [0.29, 0.717) is 24.3 Å². The van der Waals surface area contributed by atoms with Gasteiger partial charge in [0.05, 0.1) is 17.0 Å². The van der Waals surface area contributed by atoms with Crippen LogP contribution in [0.15, 0.2) is 59.6 Å². The van der Waals surface area contributed by atoms with E-state index in [4.69, 9.17) is 0 Å². The quantitative estimate of drug-likeness (QED) is 0.561. The number of aromatic nitrogens is 1. The summed E-state index contributed by atoms with van der Waals surface area (Å²) in [6, 6.07) is 11.3. The molecule has 2 heterocycles. The zero-order valence-electron chi connectivity index (χ0n) is 16.9. The van der Waals surface area contributed by atoms with Crippen LogP contribution >= 0.6 is 0 Å². The second-order valence-corrected chi connectivity index (χ2v) is 9.54. The second-order valence-electron chi connectivity index (χ2n) is 7.61. The molecular formula is C21H22F3N3O4S. The van der Waals surface area contributed by atoms with Gasteiger partial charge in [0.25, 0.3) is 0 Å². The van der Waals surface area contributed by atoms with Crippen LogP contribution in [0.5, 0.6) is 0 Å². The van der Waals surface area contributed by atoms with Gasteiger partial charge < -0.3 is 19.7 Å². The van der Waals surface area contributed by atoms with Crippen LogP contribution in [0, 0.1) is 0 Å². The molecule has 1 aliphatic rings. The van der Waals surface area contributed by atoms with Crippen molar-refractivity contribution < 1.29 is 31.8 Å². The summed E-state index contributed by atoms with van der Waals surface area (Å²) >= 11 is 0. The molecule has 7 nitrogen and oxygen atoms in total. The van der Waals surface area contributed by atoms with Crippen molar-refractivity contribution in [2.24, 2.45) is 0 Å². The fourth-order valence-corrected chi connectivity index (χ4v) is 5.30. The summed E-state index contributed by atoms with van der Waals surface area (Å²) in [6.07, 6.45) is -4.31. The Morgan fingerprint density at radius 1 is 0.938 bits per heavy atom. The first-order chi connectivity index (χ1) is 15.1. The second kappa shape index (κ2) is 8.39. The third kappa shape index (κ3) is 4.46. The number of alkyl halides is 3. The molecule has 0 aliphatic carbocycles. The summed E-state index contributed by atoms with van der Waals surface area (Å²) in [7, 11) is -3.79.